The Morgan fingerprint density at radius 3 is 2.71 bits per heavy atom. The summed E-state index contributed by atoms with van der Waals surface area (Å²) in [5.41, 5.74) is 4.99. The van der Waals surface area contributed by atoms with Crippen molar-refractivity contribution in [3.63, 3.8) is 0 Å². The van der Waals surface area contributed by atoms with E-state index in [0.29, 0.717) is 25.2 Å². The van der Waals surface area contributed by atoms with Gasteiger partial charge in [-0.25, -0.2) is 4.79 Å². The summed E-state index contributed by atoms with van der Waals surface area (Å²) < 4.78 is 10.6. The second-order valence-corrected chi connectivity index (χ2v) is 7.42. The van der Waals surface area contributed by atoms with Crippen LogP contribution in [0.3, 0.4) is 0 Å². The highest BCUT2D eigenvalue weighted by Gasteiger charge is 2.40. The van der Waals surface area contributed by atoms with Gasteiger partial charge in [0, 0.05) is 42.2 Å². The summed E-state index contributed by atoms with van der Waals surface area (Å²) in [7, 11) is 1.39. The number of methoxy groups -OCH3 is 1. The van der Waals surface area contributed by atoms with E-state index in [0.717, 1.165) is 54.1 Å². The van der Waals surface area contributed by atoms with Crippen molar-refractivity contribution in [1.29, 1.82) is 0 Å². The molecule has 3 aliphatic rings. The van der Waals surface area contributed by atoms with Crippen LogP contribution in [0.5, 0.6) is 0 Å². The molecule has 0 radical (unpaired) electrons. The third kappa shape index (κ3) is 3.22. The number of rotatable bonds is 3. The maximum absolute atomic E-state index is 13.0. The fourth-order valence-electron chi connectivity index (χ4n) is 4.50. The number of nitrogens with zero attached hydrogens (tertiary/aromatic N) is 1. The van der Waals surface area contributed by atoms with E-state index in [1.807, 2.05) is 25.1 Å². The molecule has 0 spiro atoms. The summed E-state index contributed by atoms with van der Waals surface area (Å²) in [4.78, 5) is 28.0. The lowest BCUT2D eigenvalue weighted by molar-refractivity contribution is -0.136. The summed E-state index contributed by atoms with van der Waals surface area (Å²) >= 11 is 0. The van der Waals surface area contributed by atoms with Gasteiger partial charge in [-0.2, -0.15) is 0 Å². The highest BCUT2D eigenvalue weighted by Crippen LogP contribution is 2.45. The smallest absolute Gasteiger partial charge is 0.336 e. The minimum atomic E-state index is -0.407. The zero-order chi connectivity index (χ0) is 19.7. The third-order valence-electron chi connectivity index (χ3n) is 5.78. The molecule has 2 aliphatic heterocycles. The van der Waals surface area contributed by atoms with E-state index in [1.54, 1.807) is 0 Å². The number of hydrogen-bond acceptors (Lipinski definition) is 6. The molecule has 1 fully saturated rings. The minimum Gasteiger partial charge on any atom is -0.466 e. The molecule has 0 amide bonds. The van der Waals surface area contributed by atoms with Gasteiger partial charge in [0.1, 0.15) is 0 Å². The zero-order valence-corrected chi connectivity index (χ0v) is 16.4. The fraction of sp³-hybridized carbons (Fsp3) is 0.455. The van der Waals surface area contributed by atoms with Gasteiger partial charge >= 0.3 is 5.97 Å². The van der Waals surface area contributed by atoms with Gasteiger partial charge in [0.05, 0.1) is 31.8 Å². The molecule has 148 valence electrons. The number of anilines is 1. The number of allylic oxidation sites excluding steroid dienone is 3. The number of ether oxygens (including phenoxy) is 2. The SMILES string of the molecule is COC(=O)C1=C(C)NC2=C(C(=O)CCC2)C1c1ccccc1N1CCOCC1. The lowest BCUT2D eigenvalue weighted by atomic mass is 9.74. The number of nitrogens with one attached hydrogen (secondary N) is 1. The number of morpholine rings is 1. The summed E-state index contributed by atoms with van der Waals surface area (Å²) in [6, 6.07) is 8.07. The standard InChI is InChI=1S/C22H26N2O4/c1-14-19(22(26)27-2)20(21-16(23-14)7-5-9-18(21)25)15-6-3-4-8-17(15)24-10-12-28-13-11-24/h3-4,6,8,20,23H,5,7,9-13H2,1-2H3. The van der Waals surface area contributed by atoms with E-state index in [-0.39, 0.29) is 5.78 Å². The Labute approximate surface area is 165 Å². The van der Waals surface area contributed by atoms with E-state index >= 15 is 0 Å². The Morgan fingerprint density at radius 1 is 1.21 bits per heavy atom. The van der Waals surface area contributed by atoms with Crippen LogP contribution in [0.15, 0.2) is 46.8 Å². The first-order chi connectivity index (χ1) is 13.6. The summed E-state index contributed by atoms with van der Waals surface area (Å²) in [6.07, 6.45) is 2.18. The van der Waals surface area contributed by atoms with Crippen LogP contribution in [-0.2, 0) is 19.1 Å². The molecule has 1 atom stereocenters. The Balaban J connectivity index is 1.88. The van der Waals surface area contributed by atoms with Crippen molar-refractivity contribution in [2.45, 2.75) is 32.1 Å². The molecule has 1 unspecified atom stereocenters. The van der Waals surface area contributed by atoms with Crippen molar-refractivity contribution in [3.05, 3.63) is 52.4 Å². The Kier molecular flexibility index (Phi) is 5.22. The first kappa shape index (κ1) is 18.7. The van der Waals surface area contributed by atoms with Crippen LogP contribution >= 0.6 is 0 Å². The number of dihydropyridines is 1. The average Bonchev–Trinajstić information content (AvgIpc) is 2.73. The van der Waals surface area contributed by atoms with Crippen LogP contribution in [0, 0.1) is 0 Å². The number of Topliss-reactive ketones (excluding diaryl/α,β-unsaturated/α-hetero) is 1. The van der Waals surface area contributed by atoms with Crippen molar-refractivity contribution < 1.29 is 19.1 Å². The quantitative estimate of drug-likeness (QED) is 0.811. The zero-order valence-electron chi connectivity index (χ0n) is 16.4. The molecule has 1 saturated heterocycles. The monoisotopic (exact) mass is 382 g/mol. The van der Waals surface area contributed by atoms with Gasteiger partial charge in [-0.1, -0.05) is 18.2 Å². The van der Waals surface area contributed by atoms with Gasteiger partial charge in [-0.15, -0.1) is 0 Å². The third-order valence-corrected chi connectivity index (χ3v) is 5.78. The van der Waals surface area contributed by atoms with E-state index in [9.17, 15) is 9.59 Å². The number of ketones is 1. The van der Waals surface area contributed by atoms with Crippen molar-refractivity contribution in [3.8, 4) is 0 Å². The number of carbonyl (C=O) groups excluding carboxylic acids is 2. The molecule has 0 bridgehead atoms. The molecule has 1 aromatic rings. The van der Waals surface area contributed by atoms with Crippen LogP contribution in [-0.4, -0.2) is 45.2 Å². The van der Waals surface area contributed by atoms with E-state index in [2.05, 4.69) is 16.3 Å². The number of benzene rings is 1. The number of hydrogen-bond donors (Lipinski definition) is 1. The van der Waals surface area contributed by atoms with Crippen molar-refractivity contribution >= 4 is 17.4 Å². The summed E-state index contributed by atoms with van der Waals surface area (Å²) in [5.74, 6) is -0.684. The van der Waals surface area contributed by atoms with Gasteiger partial charge in [0.2, 0.25) is 0 Å². The molecule has 6 heteroatoms. The molecule has 1 aromatic carbocycles. The molecular weight excluding hydrogens is 356 g/mol. The predicted octanol–water partition coefficient (Wildman–Crippen LogP) is 2.66. The summed E-state index contributed by atoms with van der Waals surface area (Å²) in [6.45, 7) is 4.81. The minimum absolute atomic E-state index is 0.115. The van der Waals surface area contributed by atoms with Crippen LogP contribution in [0.1, 0.15) is 37.7 Å². The maximum atomic E-state index is 13.0. The van der Waals surface area contributed by atoms with Crippen molar-refractivity contribution in [2.75, 3.05) is 38.3 Å². The predicted molar refractivity (Wildman–Crippen MR) is 106 cm³/mol. The molecule has 1 aliphatic carbocycles. The number of carbonyl (C=O) groups is 2. The lowest BCUT2D eigenvalue weighted by Gasteiger charge is -2.37. The van der Waals surface area contributed by atoms with Crippen LogP contribution < -0.4 is 10.2 Å². The molecule has 4 rings (SSSR count). The molecular formula is C22H26N2O4. The van der Waals surface area contributed by atoms with E-state index in [4.69, 9.17) is 9.47 Å². The van der Waals surface area contributed by atoms with Crippen LogP contribution in [0.25, 0.3) is 0 Å². The number of esters is 1. The molecule has 6 nitrogen and oxygen atoms in total. The average molecular weight is 382 g/mol. The van der Waals surface area contributed by atoms with Gasteiger partial charge in [0.15, 0.2) is 5.78 Å². The van der Waals surface area contributed by atoms with Gasteiger partial charge in [-0.3, -0.25) is 4.79 Å². The van der Waals surface area contributed by atoms with Crippen molar-refractivity contribution in [1.82, 2.24) is 5.32 Å². The normalized spacial score (nSPS) is 22.7. The van der Waals surface area contributed by atoms with Gasteiger partial charge in [0.25, 0.3) is 0 Å². The topological polar surface area (TPSA) is 67.9 Å². The molecule has 1 N–H and O–H groups in total. The molecule has 0 aromatic heterocycles. The fourth-order valence-corrected chi connectivity index (χ4v) is 4.50. The first-order valence-electron chi connectivity index (χ1n) is 9.85. The van der Waals surface area contributed by atoms with E-state index in [1.165, 1.54) is 7.11 Å². The summed E-state index contributed by atoms with van der Waals surface area (Å²) in [5, 5.41) is 3.32. The van der Waals surface area contributed by atoms with Crippen LogP contribution in [0.4, 0.5) is 5.69 Å². The largest absolute Gasteiger partial charge is 0.466 e. The Hall–Kier alpha value is -2.60. The molecule has 28 heavy (non-hydrogen) atoms. The second-order valence-electron chi connectivity index (χ2n) is 7.42. The van der Waals surface area contributed by atoms with Gasteiger partial charge in [-0.05, 0) is 31.4 Å². The van der Waals surface area contributed by atoms with Gasteiger partial charge < -0.3 is 19.7 Å². The lowest BCUT2D eigenvalue weighted by Crippen LogP contribution is -2.38. The van der Waals surface area contributed by atoms with E-state index < -0.39 is 11.9 Å². The molecule has 0 saturated carbocycles. The highest BCUT2D eigenvalue weighted by atomic mass is 16.5. The van der Waals surface area contributed by atoms with Crippen LogP contribution in [0.2, 0.25) is 0 Å². The Bertz CT molecular complexity index is 865. The molecule has 2 heterocycles. The van der Waals surface area contributed by atoms with Crippen molar-refractivity contribution in [2.24, 2.45) is 0 Å². The first-order valence-corrected chi connectivity index (χ1v) is 9.85. The maximum Gasteiger partial charge on any atom is 0.336 e. The second kappa shape index (κ2) is 7.80. The Morgan fingerprint density at radius 2 is 1.96 bits per heavy atom. The highest BCUT2D eigenvalue weighted by molar-refractivity contribution is 6.04. The number of para-hydroxylation sites is 1.